The summed E-state index contributed by atoms with van der Waals surface area (Å²) in [6.45, 7) is 5.06. The van der Waals surface area contributed by atoms with Gasteiger partial charge in [-0.3, -0.25) is 9.69 Å². The lowest BCUT2D eigenvalue weighted by Crippen LogP contribution is -2.41. The number of nitrogens with zero attached hydrogens (tertiary/aromatic N) is 1. The summed E-state index contributed by atoms with van der Waals surface area (Å²) < 4.78 is 5.36. The maximum Gasteiger partial charge on any atom is 0.261 e. The normalized spacial score (nSPS) is 18.9. The van der Waals surface area contributed by atoms with Crippen LogP contribution in [0.5, 0.6) is 0 Å². The predicted octanol–water partition coefficient (Wildman–Crippen LogP) is 4.52. The molecule has 2 aromatic rings. The second-order valence-electron chi connectivity index (χ2n) is 7.87. The molecular formula is C23H30N2O2S. The second-order valence-corrected chi connectivity index (χ2v) is 8.78. The minimum absolute atomic E-state index is 0.0309. The number of carbonyl (C=O) groups is 1. The van der Waals surface area contributed by atoms with E-state index in [1.807, 2.05) is 6.07 Å². The smallest absolute Gasteiger partial charge is 0.261 e. The summed E-state index contributed by atoms with van der Waals surface area (Å²) in [5, 5.41) is 5.14. The highest BCUT2D eigenvalue weighted by Gasteiger charge is 2.16. The highest BCUT2D eigenvalue weighted by atomic mass is 32.1. The van der Waals surface area contributed by atoms with Gasteiger partial charge in [0, 0.05) is 26.2 Å². The molecule has 5 heteroatoms. The van der Waals surface area contributed by atoms with Crippen molar-refractivity contribution in [2.45, 2.75) is 38.0 Å². The van der Waals surface area contributed by atoms with Crippen LogP contribution >= 0.6 is 11.3 Å². The molecule has 1 aliphatic carbocycles. The molecule has 150 valence electrons. The molecule has 2 fully saturated rings. The Kier molecular flexibility index (Phi) is 6.78. The molecule has 1 aromatic carbocycles. The molecule has 4 nitrogen and oxygen atoms in total. The van der Waals surface area contributed by atoms with Gasteiger partial charge in [-0.05, 0) is 46.9 Å². The molecule has 2 heterocycles. The van der Waals surface area contributed by atoms with Crippen molar-refractivity contribution in [3.8, 4) is 11.1 Å². The van der Waals surface area contributed by atoms with E-state index in [9.17, 15) is 4.79 Å². The number of ether oxygens (including phenoxy) is 1. The molecule has 1 aliphatic heterocycles. The van der Waals surface area contributed by atoms with Crippen LogP contribution in [0.2, 0.25) is 0 Å². The van der Waals surface area contributed by atoms with E-state index in [1.54, 1.807) is 0 Å². The molecule has 4 rings (SSSR count). The number of hydrogen-bond acceptors (Lipinski definition) is 4. The average Bonchev–Trinajstić information content (AvgIpc) is 3.26. The van der Waals surface area contributed by atoms with Gasteiger partial charge in [0.1, 0.15) is 0 Å². The Balaban J connectivity index is 1.31. The summed E-state index contributed by atoms with van der Waals surface area (Å²) in [4.78, 5) is 15.6. The van der Waals surface area contributed by atoms with Gasteiger partial charge in [0.15, 0.2) is 0 Å². The Labute approximate surface area is 171 Å². The Morgan fingerprint density at radius 1 is 1.07 bits per heavy atom. The Morgan fingerprint density at radius 2 is 1.82 bits per heavy atom. The first-order valence-corrected chi connectivity index (χ1v) is 11.4. The van der Waals surface area contributed by atoms with Crippen LogP contribution in [0, 0.1) is 0 Å². The maximum absolute atomic E-state index is 12.4. The summed E-state index contributed by atoms with van der Waals surface area (Å²) in [6, 6.07) is 11.0. The van der Waals surface area contributed by atoms with E-state index in [1.165, 1.54) is 54.6 Å². The lowest BCUT2D eigenvalue weighted by Gasteiger charge is -2.26. The SMILES string of the molecule is O=C(NCCN1CCOCC1)c1cc(-c2ccc(C3CCCCC3)cc2)cs1. The first-order chi connectivity index (χ1) is 13.8. The molecule has 0 radical (unpaired) electrons. The molecule has 1 amide bonds. The van der Waals surface area contributed by atoms with Gasteiger partial charge in [-0.25, -0.2) is 0 Å². The monoisotopic (exact) mass is 398 g/mol. The van der Waals surface area contributed by atoms with E-state index >= 15 is 0 Å². The largest absolute Gasteiger partial charge is 0.379 e. The summed E-state index contributed by atoms with van der Waals surface area (Å²) >= 11 is 1.53. The summed E-state index contributed by atoms with van der Waals surface area (Å²) in [7, 11) is 0. The van der Waals surface area contributed by atoms with Crippen LogP contribution in [0.25, 0.3) is 11.1 Å². The maximum atomic E-state index is 12.4. The fraction of sp³-hybridized carbons (Fsp3) is 0.522. The van der Waals surface area contributed by atoms with Gasteiger partial charge in [-0.2, -0.15) is 0 Å². The van der Waals surface area contributed by atoms with Crippen molar-refractivity contribution < 1.29 is 9.53 Å². The third kappa shape index (κ3) is 5.02. The number of rotatable bonds is 6. The van der Waals surface area contributed by atoms with Crippen molar-refractivity contribution >= 4 is 17.2 Å². The van der Waals surface area contributed by atoms with Crippen LogP contribution in [0.15, 0.2) is 35.7 Å². The molecule has 0 atom stereocenters. The number of amides is 1. The van der Waals surface area contributed by atoms with Gasteiger partial charge in [0.05, 0.1) is 18.1 Å². The molecular weight excluding hydrogens is 368 g/mol. The fourth-order valence-electron chi connectivity index (χ4n) is 4.23. The molecule has 1 saturated heterocycles. The van der Waals surface area contributed by atoms with Crippen LogP contribution in [-0.4, -0.2) is 50.2 Å². The zero-order valence-corrected chi connectivity index (χ0v) is 17.3. The van der Waals surface area contributed by atoms with E-state index in [0.717, 1.165) is 49.2 Å². The predicted molar refractivity (Wildman–Crippen MR) is 115 cm³/mol. The van der Waals surface area contributed by atoms with E-state index in [0.29, 0.717) is 6.54 Å². The molecule has 0 bridgehead atoms. The third-order valence-corrected chi connectivity index (χ3v) is 6.89. The number of hydrogen-bond donors (Lipinski definition) is 1. The Morgan fingerprint density at radius 3 is 2.57 bits per heavy atom. The third-order valence-electron chi connectivity index (χ3n) is 5.96. The lowest BCUT2D eigenvalue weighted by atomic mass is 9.84. The van der Waals surface area contributed by atoms with Crippen molar-refractivity contribution in [1.29, 1.82) is 0 Å². The first-order valence-electron chi connectivity index (χ1n) is 10.6. The van der Waals surface area contributed by atoms with Crippen LogP contribution in [0.1, 0.15) is 53.3 Å². The second kappa shape index (κ2) is 9.68. The Hall–Kier alpha value is -1.69. The van der Waals surface area contributed by atoms with Crippen LogP contribution in [-0.2, 0) is 4.74 Å². The molecule has 1 saturated carbocycles. The first kappa shape index (κ1) is 19.6. The standard InChI is InChI=1S/C23H30N2O2S/c26-23(24-10-11-25-12-14-27-15-13-25)22-16-21(17-28-22)20-8-6-19(7-9-20)18-4-2-1-3-5-18/h6-9,16-18H,1-5,10-15H2,(H,24,26). The van der Waals surface area contributed by atoms with Gasteiger partial charge >= 0.3 is 0 Å². The minimum atomic E-state index is 0.0309. The van der Waals surface area contributed by atoms with Gasteiger partial charge < -0.3 is 10.1 Å². The molecule has 0 unspecified atom stereocenters. The number of morpholine rings is 1. The Bertz CT molecular complexity index is 759. The number of nitrogens with one attached hydrogen (secondary N) is 1. The summed E-state index contributed by atoms with van der Waals surface area (Å²) in [6.07, 6.45) is 6.77. The van der Waals surface area contributed by atoms with Gasteiger partial charge in [0.2, 0.25) is 0 Å². The average molecular weight is 399 g/mol. The highest BCUT2D eigenvalue weighted by molar-refractivity contribution is 7.12. The van der Waals surface area contributed by atoms with E-state index < -0.39 is 0 Å². The molecule has 28 heavy (non-hydrogen) atoms. The van der Waals surface area contributed by atoms with Gasteiger partial charge in [0.25, 0.3) is 5.91 Å². The quantitative estimate of drug-likeness (QED) is 0.778. The highest BCUT2D eigenvalue weighted by Crippen LogP contribution is 2.34. The van der Waals surface area contributed by atoms with Crippen molar-refractivity contribution in [2.24, 2.45) is 0 Å². The molecule has 1 N–H and O–H groups in total. The zero-order chi connectivity index (χ0) is 19.2. The van der Waals surface area contributed by atoms with Crippen molar-refractivity contribution in [2.75, 3.05) is 39.4 Å². The zero-order valence-electron chi connectivity index (χ0n) is 16.5. The van der Waals surface area contributed by atoms with E-state index in [-0.39, 0.29) is 5.91 Å². The lowest BCUT2D eigenvalue weighted by molar-refractivity contribution is 0.0383. The number of benzene rings is 1. The minimum Gasteiger partial charge on any atom is -0.379 e. The van der Waals surface area contributed by atoms with Gasteiger partial charge in [-0.15, -0.1) is 11.3 Å². The number of thiophene rings is 1. The van der Waals surface area contributed by atoms with Crippen LogP contribution in [0.4, 0.5) is 0 Å². The molecule has 2 aliphatic rings. The molecule has 1 aromatic heterocycles. The summed E-state index contributed by atoms with van der Waals surface area (Å²) in [5.41, 5.74) is 3.81. The number of carbonyl (C=O) groups excluding carboxylic acids is 1. The van der Waals surface area contributed by atoms with E-state index in [4.69, 9.17) is 4.74 Å². The topological polar surface area (TPSA) is 41.6 Å². The fourth-order valence-corrected chi connectivity index (χ4v) is 5.06. The van der Waals surface area contributed by atoms with E-state index in [2.05, 4.69) is 39.9 Å². The summed E-state index contributed by atoms with van der Waals surface area (Å²) in [5.74, 6) is 0.765. The van der Waals surface area contributed by atoms with Crippen LogP contribution < -0.4 is 5.32 Å². The van der Waals surface area contributed by atoms with Crippen LogP contribution in [0.3, 0.4) is 0 Å². The van der Waals surface area contributed by atoms with Crippen molar-refractivity contribution in [3.05, 3.63) is 46.2 Å². The van der Waals surface area contributed by atoms with Crippen molar-refractivity contribution in [1.82, 2.24) is 10.2 Å². The molecule has 0 spiro atoms. The van der Waals surface area contributed by atoms with Gasteiger partial charge in [-0.1, -0.05) is 43.5 Å². The van der Waals surface area contributed by atoms with Crippen molar-refractivity contribution in [3.63, 3.8) is 0 Å².